The molecule has 0 atom stereocenters. The van der Waals surface area contributed by atoms with Crippen molar-refractivity contribution in [2.45, 2.75) is 6.92 Å². The van der Waals surface area contributed by atoms with Crippen molar-refractivity contribution in [2.24, 2.45) is 0 Å². The van der Waals surface area contributed by atoms with E-state index in [9.17, 15) is 0 Å². The summed E-state index contributed by atoms with van der Waals surface area (Å²) in [6, 6.07) is 11.5. The normalized spacial score (nSPS) is 11.0. The van der Waals surface area contributed by atoms with E-state index >= 15 is 0 Å². The second kappa shape index (κ2) is 4.03. The average molecular weight is 258 g/mol. The van der Waals surface area contributed by atoms with Crippen molar-refractivity contribution < 1.29 is 0 Å². The maximum atomic E-state index is 6.10. The van der Waals surface area contributed by atoms with Gasteiger partial charge in [0.25, 0.3) is 0 Å². The number of aromatic amines is 1. The summed E-state index contributed by atoms with van der Waals surface area (Å²) in [4.78, 5) is 7.80. The molecule has 0 aliphatic rings. The van der Waals surface area contributed by atoms with Gasteiger partial charge in [-0.1, -0.05) is 23.7 Å². The molecule has 0 saturated heterocycles. The number of hydrogen-bond donors (Lipinski definition) is 2. The Kier molecular flexibility index (Phi) is 2.49. The number of nitrogens with zero attached hydrogens (tertiary/aromatic N) is 1. The van der Waals surface area contributed by atoms with Gasteiger partial charge in [-0.05, 0) is 36.8 Å². The molecule has 3 N–H and O–H groups in total. The smallest absolute Gasteiger partial charge is 0.140 e. The van der Waals surface area contributed by atoms with Crippen LogP contribution in [0.25, 0.3) is 22.4 Å². The first-order valence-corrected chi connectivity index (χ1v) is 6.03. The van der Waals surface area contributed by atoms with E-state index in [0.717, 1.165) is 33.0 Å². The van der Waals surface area contributed by atoms with Gasteiger partial charge < -0.3 is 10.7 Å². The van der Waals surface area contributed by atoms with Crippen molar-refractivity contribution in [2.75, 3.05) is 5.73 Å². The quantitative estimate of drug-likeness (QED) is 0.652. The number of hydrogen-bond acceptors (Lipinski definition) is 2. The third-order valence-electron chi connectivity index (χ3n) is 2.98. The number of anilines is 1. The molecule has 0 unspecified atom stereocenters. The summed E-state index contributed by atoms with van der Waals surface area (Å²) in [5, 5.41) is 0.724. The van der Waals surface area contributed by atoms with E-state index in [1.54, 1.807) is 0 Å². The summed E-state index contributed by atoms with van der Waals surface area (Å²) < 4.78 is 0. The number of nitrogens with two attached hydrogens (primary N) is 1. The Hall–Kier alpha value is -2.00. The number of nitrogens with one attached hydrogen (secondary N) is 1. The molecule has 0 amide bonds. The number of fused-ring (bicyclic) bond motifs is 1. The van der Waals surface area contributed by atoms with Crippen molar-refractivity contribution in [1.82, 2.24) is 9.97 Å². The number of benzene rings is 2. The third-order valence-corrected chi connectivity index (χ3v) is 3.39. The molecule has 1 aromatic heterocycles. The fraction of sp³-hybridized carbons (Fsp3) is 0.0714. The molecule has 3 rings (SSSR count). The Balaban J connectivity index is 2.23. The summed E-state index contributed by atoms with van der Waals surface area (Å²) in [7, 11) is 0. The molecule has 0 aliphatic heterocycles. The number of para-hydroxylation sites is 1. The summed E-state index contributed by atoms with van der Waals surface area (Å²) in [6.45, 7) is 1.97. The zero-order valence-electron chi connectivity index (χ0n) is 9.87. The summed E-state index contributed by atoms with van der Waals surface area (Å²) in [5.74, 6) is 0.768. The van der Waals surface area contributed by atoms with Gasteiger partial charge in [0.05, 0.1) is 11.0 Å². The van der Waals surface area contributed by atoms with Crippen LogP contribution in [0.4, 0.5) is 5.69 Å². The molecule has 3 nitrogen and oxygen atoms in total. The number of aryl methyl sites for hydroxylation is 1. The van der Waals surface area contributed by atoms with Gasteiger partial charge in [-0.25, -0.2) is 4.98 Å². The van der Waals surface area contributed by atoms with Gasteiger partial charge in [0, 0.05) is 16.3 Å². The van der Waals surface area contributed by atoms with E-state index < -0.39 is 0 Å². The predicted molar refractivity (Wildman–Crippen MR) is 75.7 cm³/mol. The minimum Gasteiger partial charge on any atom is -0.398 e. The number of imidazole rings is 1. The van der Waals surface area contributed by atoms with E-state index in [4.69, 9.17) is 17.3 Å². The Bertz CT molecular complexity index is 692. The van der Waals surface area contributed by atoms with Crippen LogP contribution in [0.2, 0.25) is 5.02 Å². The van der Waals surface area contributed by atoms with Crippen LogP contribution < -0.4 is 5.73 Å². The SMILES string of the molecule is Cc1cc2[nH]c(-c3ccccc3N)nc2cc1Cl. The minimum atomic E-state index is 0.708. The number of rotatable bonds is 1. The second-order valence-corrected chi connectivity index (χ2v) is 4.70. The number of aromatic nitrogens is 2. The van der Waals surface area contributed by atoms with Crippen molar-refractivity contribution in [3.8, 4) is 11.4 Å². The van der Waals surface area contributed by atoms with E-state index in [1.807, 2.05) is 43.3 Å². The van der Waals surface area contributed by atoms with Crippen LogP contribution in [0.3, 0.4) is 0 Å². The maximum absolute atomic E-state index is 6.10. The molecule has 0 spiro atoms. The predicted octanol–water partition coefficient (Wildman–Crippen LogP) is 3.77. The van der Waals surface area contributed by atoms with Crippen LogP contribution in [0.5, 0.6) is 0 Å². The van der Waals surface area contributed by atoms with Crippen LogP contribution >= 0.6 is 11.6 Å². The summed E-state index contributed by atoms with van der Waals surface area (Å²) in [6.07, 6.45) is 0. The van der Waals surface area contributed by atoms with E-state index in [2.05, 4.69) is 9.97 Å². The molecule has 4 heteroatoms. The first-order valence-electron chi connectivity index (χ1n) is 5.66. The highest BCUT2D eigenvalue weighted by Gasteiger charge is 2.09. The lowest BCUT2D eigenvalue weighted by Gasteiger charge is -2.00. The van der Waals surface area contributed by atoms with Gasteiger partial charge in [0.1, 0.15) is 5.82 Å². The van der Waals surface area contributed by atoms with E-state index in [-0.39, 0.29) is 0 Å². The lowest BCUT2D eigenvalue weighted by Crippen LogP contribution is -1.90. The van der Waals surface area contributed by atoms with Gasteiger partial charge in [0.15, 0.2) is 0 Å². The minimum absolute atomic E-state index is 0.708. The third kappa shape index (κ3) is 1.73. The van der Waals surface area contributed by atoms with Crippen molar-refractivity contribution in [3.05, 3.63) is 47.0 Å². The monoisotopic (exact) mass is 257 g/mol. The largest absolute Gasteiger partial charge is 0.398 e. The molecule has 90 valence electrons. The zero-order valence-corrected chi connectivity index (χ0v) is 10.6. The Morgan fingerprint density at radius 2 is 2.00 bits per heavy atom. The first-order chi connectivity index (χ1) is 8.65. The number of nitrogen functional groups attached to an aromatic ring is 1. The van der Waals surface area contributed by atoms with Gasteiger partial charge in [-0.3, -0.25) is 0 Å². The number of H-pyrrole nitrogens is 1. The van der Waals surface area contributed by atoms with Gasteiger partial charge in [-0.2, -0.15) is 0 Å². The van der Waals surface area contributed by atoms with Crippen LogP contribution in [0.1, 0.15) is 5.56 Å². The van der Waals surface area contributed by atoms with Crippen molar-refractivity contribution in [3.63, 3.8) is 0 Å². The molecular formula is C14H12ClN3. The van der Waals surface area contributed by atoms with Crippen LogP contribution in [0, 0.1) is 6.92 Å². The highest BCUT2D eigenvalue weighted by Crippen LogP contribution is 2.27. The van der Waals surface area contributed by atoms with Crippen LogP contribution in [-0.4, -0.2) is 9.97 Å². The summed E-state index contributed by atoms with van der Waals surface area (Å²) >= 11 is 6.10. The fourth-order valence-corrected chi connectivity index (χ4v) is 2.14. The maximum Gasteiger partial charge on any atom is 0.140 e. The first kappa shape index (κ1) is 11.1. The second-order valence-electron chi connectivity index (χ2n) is 4.29. The Morgan fingerprint density at radius 1 is 1.22 bits per heavy atom. The van der Waals surface area contributed by atoms with Gasteiger partial charge in [0.2, 0.25) is 0 Å². The molecule has 0 saturated carbocycles. The molecule has 3 aromatic rings. The van der Waals surface area contributed by atoms with E-state index in [0.29, 0.717) is 5.69 Å². The van der Waals surface area contributed by atoms with Gasteiger partial charge >= 0.3 is 0 Å². The highest BCUT2D eigenvalue weighted by atomic mass is 35.5. The van der Waals surface area contributed by atoms with Crippen LogP contribution in [-0.2, 0) is 0 Å². The van der Waals surface area contributed by atoms with Crippen molar-refractivity contribution in [1.29, 1.82) is 0 Å². The molecule has 1 heterocycles. The lowest BCUT2D eigenvalue weighted by atomic mass is 10.2. The molecular weight excluding hydrogens is 246 g/mol. The molecule has 2 aromatic carbocycles. The topological polar surface area (TPSA) is 54.7 Å². The molecule has 0 fully saturated rings. The average Bonchev–Trinajstić information content (AvgIpc) is 2.73. The number of halogens is 1. The van der Waals surface area contributed by atoms with E-state index in [1.165, 1.54) is 0 Å². The summed E-state index contributed by atoms with van der Waals surface area (Å²) in [5.41, 5.74) is 10.4. The zero-order chi connectivity index (χ0) is 12.7. The lowest BCUT2D eigenvalue weighted by molar-refractivity contribution is 1.34. The molecule has 0 radical (unpaired) electrons. The van der Waals surface area contributed by atoms with Crippen molar-refractivity contribution >= 4 is 28.3 Å². The fourth-order valence-electron chi connectivity index (χ4n) is 1.98. The molecule has 18 heavy (non-hydrogen) atoms. The Morgan fingerprint density at radius 3 is 2.78 bits per heavy atom. The van der Waals surface area contributed by atoms with Crippen LogP contribution in [0.15, 0.2) is 36.4 Å². The highest BCUT2D eigenvalue weighted by molar-refractivity contribution is 6.32. The van der Waals surface area contributed by atoms with Gasteiger partial charge in [-0.15, -0.1) is 0 Å². The molecule has 0 aliphatic carbocycles. The Labute approximate surface area is 110 Å². The standard InChI is InChI=1S/C14H12ClN3/c1-8-6-12-13(7-10(8)15)18-14(17-12)9-4-2-3-5-11(9)16/h2-7H,16H2,1H3,(H,17,18). The molecule has 0 bridgehead atoms.